The Hall–Kier alpha value is -1.92. The van der Waals surface area contributed by atoms with Crippen molar-refractivity contribution >= 4 is 17.3 Å². The number of esters is 1. The molecule has 1 aromatic carbocycles. The molecule has 20 heavy (non-hydrogen) atoms. The van der Waals surface area contributed by atoms with Crippen molar-refractivity contribution in [3.63, 3.8) is 0 Å². The summed E-state index contributed by atoms with van der Waals surface area (Å²) >= 11 is 0. The molecule has 3 N–H and O–H groups in total. The molecule has 0 aliphatic carbocycles. The Morgan fingerprint density at radius 2 is 1.95 bits per heavy atom. The third-order valence-electron chi connectivity index (χ3n) is 2.78. The van der Waals surface area contributed by atoms with Crippen molar-refractivity contribution in [2.24, 2.45) is 5.92 Å². The van der Waals surface area contributed by atoms with Crippen LogP contribution in [0, 0.1) is 5.92 Å². The minimum atomic E-state index is -4.56. The quantitative estimate of drug-likeness (QED) is 0.661. The van der Waals surface area contributed by atoms with E-state index in [-0.39, 0.29) is 17.3 Å². The number of benzene rings is 1. The number of nitrogen functional groups attached to an aromatic ring is 1. The van der Waals surface area contributed by atoms with Crippen molar-refractivity contribution in [3.8, 4) is 0 Å². The van der Waals surface area contributed by atoms with Crippen molar-refractivity contribution in [2.75, 3.05) is 18.2 Å². The van der Waals surface area contributed by atoms with Gasteiger partial charge in [-0.15, -0.1) is 0 Å². The van der Waals surface area contributed by atoms with Gasteiger partial charge in [-0.05, 0) is 24.1 Å². The Labute approximate surface area is 115 Å². The van der Waals surface area contributed by atoms with Crippen LogP contribution in [-0.4, -0.2) is 19.1 Å². The number of methoxy groups -OCH3 is 1. The van der Waals surface area contributed by atoms with E-state index < -0.39 is 23.8 Å². The predicted octanol–water partition coefficient (Wildman–Crippen LogP) is 2.90. The van der Waals surface area contributed by atoms with Gasteiger partial charge in [0.15, 0.2) is 0 Å². The van der Waals surface area contributed by atoms with Gasteiger partial charge in [-0.3, -0.25) is 0 Å². The molecule has 1 atom stereocenters. The highest BCUT2D eigenvalue weighted by Crippen LogP contribution is 2.36. The van der Waals surface area contributed by atoms with Crippen LogP contribution in [0.1, 0.15) is 19.4 Å². The number of anilines is 2. The second-order valence-electron chi connectivity index (χ2n) is 4.69. The zero-order valence-corrected chi connectivity index (χ0v) is 11.4. The Balaban J connectivity index is 3.16. The van der Waals surface area contributed by atoms with Gasteiger partial charge >= 0.3 is 12.1 Å². The maximum Gasteiger partial charge on any atom is 0.418 e. The van der Waals surface area contributed by atoms with Crippen LogP contribution < -0.4 is 11.1 Å². The van der Waals surface area contributed by atoms with E-state index in [1.54, 1.807) is 13.8 Å². The van der Waals surface area contributed by atoms with Crippen LogP contribution in [0.4, 0.5) is 24.5 Å². The predicted molar refractivity (Wildman–Crippen MR) is 70.1 cm³/mol. The number of alkyl halides is 3. The molecule has 0 saturated heterocycles. The third kappa shape index (κ3) is 3.79. The van der Waals surface area contributed by atoms with E-state index in [1.807, 2.05) is 0 Å². The minimum absolute atomic E-state index is 0.00189. The summed E-state index contributed by atoms with van der Waals surface area (Å²) in [4.78, 5) is 11.6. The number of carbonyl (C=O) groups excluding carboxylic acids is 1. The van der Waals surface area contributed by atoms with Crippen LogP contribution in [0.5, 0.6) is 0 Å². The van der Waals surface area contributed by atoms with Gasteiger partial charge in [0.25, 0.3) is 0 Å². The van der Waals surface area contributed by atoms with Gasteiger partial charge in [0.2, 0.25) is 0 Å². The molecule has 112 valence electrons. The maximum atomic E-state index is 13.0. The lowest BCUT2D eigenvalue weighted by Gasteiger charge is -2.23. The van der Waals surface area contributed by atoms with Crippen molar-refractivity contribution in [1.82, 2.24) is 0 Å². The van der Waals surface area contributed by atoms with Crippen LogP contribution in [-0.2, 0) is 15.7 Å². The van der Waals surface area contributed by atoms with Crippen LogP contribution >= 0.6 is 0 Å². The summed E-state index contributed by atoms with van der Waals surface area (Å²) in [5.74, 6) is -0.856. The maximum absolute atomic E-state index is 13.0. The molecule has 0 heterocycles. The molecule has 0 fully saturated rings. The number of nitrogens with one attached hydrogen (secondary N) is 1. The molecular formula is C13H17F3N2O2. The second-order valence-corrected chi connectivity index (χ2v) is 4.69. The molecule has 1 unspecified atom stereocenters. The van der Waals surface area contributed by atoms with Crippen molar-refractivity contribution in [3.05, 3.63) is 23.8 Å². The van der Waals surface area contributed by atoms with E-state index in [1.165, 1.54) is 19.2 Å². The Morgan fingerprint density at radius 3 is 2.40 bits per heavy atom. The number of carbonyl (C=O) groups is 1. The molecular weight excluding hydrogens is 273 g/mol. The number of rotatable bonds is 4. The molecule has 0 bridgehead atoms. The van der Waals surface area contributed by atoms with Gasteiger partial charge in [0, 0.05) is 11.4 Å². The lowest BCUT2D eigenvalue weighted by molar-refractivity contribution is -0.143. The van der Waals surface area contributed by atoms with Crippen LogP contribution in [0.2, 0.25) is 0 Å². The monoisotopic (exact) mass is 290 g/mol. The largest absolute Gasteiger partial charge is 0.467 e. The molecule has 0 aromatic heterocycles. The van der Waals surface area contributed by atoms with E-state index in [9.17, 15) is 18.0 Å². The molecule has 0 amide bonds. The number of hydrogen-bond donors (Lipinski definition) is 2. The molecule has 1 aromatic rings. The summed E-state index contributed by atoms with van der Waals surface area (Å²) in [6.07, 6.45) is -4.56. The van der Waals surface area contributed by atoms with Gasteiger partial charge in [-0.2, -0.15) is 13.2 Å². The van der Waals surface area contributed by atoms with Crippen LogP contribution in [0.25, 0.3) is 0 Å². The lowest BCUT2D eigenvalue weighted by Crippen LogP contribution is -2.36. The van der Waals surface area contributed by atoms with E-state index in [2.05, 4.69) is 10.1 Å². The van der Waals surface area contributed by atoms with Crippen LogP contribution in [0.3, 0.4) is 0 Å². The zero-order valence-electron chi connectivity index (χ0n) is 11.4. The third-order valence-corrected chi connectivity index (χ3v) is 2.78. The van der Waals surface area contributed by atoms with Crippen molar-refractivity contribution < 1.29 is 22.7 Å². The standard InChI is InChI=1S/C13H17F3N2O2/c1-7(2)11(12(19)20-3)18-10-5-4-8(17)6-9(10)13(14,15)16/h4-7,11,18H,17H2,1-3H3. The molecule has 4 nitrogen and oxygen atoms in total. The lowest BCUT2D eigenvalue weighted by atomic mass is 10.0. The van der Waals surface area contributed by atoms with Gasteiger partial charge in [-0.25, -0.2) is 4.79 Å². The summed E-state index contributed by atoms with van der Waals surface area (Å²) in [7, 11) is 1.19. The normalized spacial score (nSPS) is 13.2. The first-order valence-corrected chi connectivity index (χ1v) is 5.98. The van der Waals surface area contributed by atoms with Crippen molar-refractivity contribution in [1.29, 1.82) is 0 Å². The fraction of sp³-hybridized carbons (Fsp3) is 0.462. The summed E-state index contributed by atoms with van der Waals surface area (Å²) in [5, 5.41) is 2.58. The Morgan fingerprint density at radius 1 is 1.35 bits per heavy atom. The number of hydrogen-bond acceptors (Lipinski definition) is 4. The Kier molecular flexibility index (Phi) is 4.86. The van der Waals surface area contributed by atoms with Crippen LogP contribution in [0.15, 0.2) is 18.2 Å². The topological polar surface area (TPSA) is 64.3 Å². The average molecular weight is 290 g/mol. The SMILES string of the molecule is COC(=O)C(Nc1ccc(N)cc1C(F)(F)F)C(C)C. The molecule has 0 spiro atoms. The molecule has 1 rings (SSSR count). The smallest absolute Gasteiger partial charge is 0.418 e. The number of nitrogens with two attached hydrogens (primary N) is 1. The highest BCUT2D eigenvalue weighted by molar-refractivity contribution is 5.80. The first-order chi connectivity index (χ1) is 9.16. The van der Waals surface area contributed by atoms with E-state index in [0.29, 0.717) is 0 Å². The zero-order chi connectivity index (χ0) is 15.5. The number of ether oxygens (including phenoxy) is 1. The van der Waals surface area contributed by atoms with Gasteiger partial charge in [-0.1, -0.05) is 13.8 Å². The summed E-state index contributed by atoms with van der Waals surface area (Å²) in [6, 6.07) is 2.50. The van der Waals surface area contributed by atoms with E-state index in [0.717, 1.165) is 6.07 Å². The fourth-order valence-electron chi connectivity index (χ4n) is 1.71. The summed E-state index contributed by atoms with van der Waals surface area (Å²) in [5.41, 5.74) is 4.27. The highest BCUT2D eigenvalue weighted by Gasteiger charge is 2.35. The first-order valence-electron chi connectivity index (χ1n) is 5.98. The molecule has 0 aliphatic heterocycles. The van der Waals surface area contributed by atoms with Gasteiger partial charge < -0.3 is 15.8 Å². The average Bonchev–Trinajstić information content (AvgIpc) is 2.34. The molecule has 0 aliphatic rings. The van der Waals surface area contributed by atoms with E-state index in [4.69, 9.17) is 5.73 Å². The minimum Gasteiger partial charge on any atom is -0.467 e. The highest BCUT2D eigenvalue weighted by atomic mass is 19.4. The Bertz CT molecular complexity index is 487. The molecule has 0 radical (unpaired) electrons. The summed E-state index contributed by atoms with van der Waals surface area (Å²) in [6.45, 7) is 3.41. The van der Waals surface area contributed by atoms with Gasteiger partial charge in [0.1, 0.15) is 6.04 Å². The number of halogens is 3. The van der Waals surface area contributed by atoms with E-state index >= 15 is 0 Å². The summed E-state index contributed by atoms with van der Waals surface area (Å²) < 4.78 is 43.4. The first kappa shape index (κ1) is 16.1. The fourth-order valence-corrected chi connectivity index (χ4v) is 1.71. The van der Waals surface area contributed by atoms with Gasteiger partial charge in [0.05, 0.1) is 12.7 Å². The molecule has 0 saturated carbocycles. The second kappa shape index (κ2) is 6.02. The van der Waals surface area contributed by atoms with Crippen molar-refractivity contribution in [2.45, 2.75) is 26.1 Å². The molecule has 7 heteroatoms.